The van der Waals surface area contributed by atoms with Gasteiger partial charge in [-0.05, 0) is 42.2 Å². The summed E-state index contributed by atoms with van der Waals surface area (Å²) in [4.78, 5) is 22.5. The maximum absolute atomic E-state index is 11.7. The zero-order valence-electron chi connectivity index (χ0n) is 11.2. The van der Waals surface area contributed by atoms with E-state index in [9.17, 15) is 9.59 Å². The van der Waals surface area contributed by atoms with Crippen LogP contribution in [0.4, 0.5) is 4.79 Å². The van der Waals surface area contributed by atoms with Gasteiger partial charge in [0.05, 0.1) is 12.1 Å². The first-order valence-electron chi connectivity index (χ1n) is 6.51. The predicted molar refractivity (Wildman–Crippen MR) is 74.8 cm³/mol. The molecule has 3 N–H and O–H groups in total. The van der Waals surface area contributed by atoms with Gasteiger partial charge in [-0.15, -0.1) is 0 Å². The van der Waals surface area contributed by atoms with Crippen molar-refractivity contribution >= 4 is 23.3 Å². The molecule has 1 aromatic heterocycles. The lowest BCUT2D eigenvalue weighted by molar-refractivity contribution is -0.149. The maximum Gasteiger partial charge on any atom is 0.332 e. The topological polar surface area (TPSA) is 87.7 Å². The average molecular weight is 298 g/mol. The molecule has 2 heterocycles. The molecule has 0 bridgehead atoms. The van der Waals surface area contributed by atoms with Crippen molar-refractivity contribution in [3.63, 3.8) is 0 Å². The number of thiophene rings is 1. The highest BCUT2D eigenvalue weighted by Crippen LogP contribution is 2.19. The first-order chi connectivity index (χ1) is 9.56. The molecule has 2 amide bonds. The van der Waals surface area contributed by atoms with Crippen LogP contribution in [0, 0.1) is 0 Å². The normalized spacial score (nSPS) is 23.2. The van der Waals surface area contributed by atoms with Gasteiger partial charge in [-0.25, -0.2) is 9.59 Å². The average Bonchev–Trinajstić information content (AvgIpc) is 3.07. The Bertz CT molecular complexity index is 463. The number of carboxylic acids is 1. The van der Waals surface area contributed by atoms with Crippen LogP contribution in [-0.4, -0.2) is 35.9 Å². The number of urea groups is 1. The van der Waals surface area contributed by atoms with E-state index in [4.69, 9.17) is 9.84 Å². The van der Waals surface area contributed by atoms with Crippen LogP contribution in [0.1, 0.15) is 31.4 Å². The van der Waals surface area contributed by atoms with Gasteiger partial charge in [0.1, 0.15) is 0 Å². The van der Waals surface area contributed by atoms with Crippen LogP contribution in [0.5, 0.6) is 0 Å². The van der Waals surface area contributed by atoms with Crippen molar-refractivity contribution in [3.8, 4) is 0 Å². The molecule has 1 saturated heterocycles. The second kappa shape index (κ2) is 6.71. The summed E-state index contributed by atoms with van der Waals surface area (Å²) in [6, 6.07) is 1.64. The van der Waals surface area contributed by atoms with Gasteiger partial charge in [0.15, 0.2) is 6.10 Å². The van der Waals surface area contributed by atoms with Gasteiger partial charge in [0.25, 0.3) is 0 Å². The molecule has 2 rings (SSSR count). The van der Waals surface area contributed by atoms with Gasteiger partial charge in [0.2, 0.25) is 0 Å². The molecule has 3 unspecified atom stereocenters. The Kier molecular flexibility index (Phi) is 4.97. The van der Waals surface area contributed by atoms with Crippen molar-refractivity contribution in [1.82, 2.24) is 10.6 Å². The third-order valence-electron chi connectivity index (χ3n) is 3.26. The largest absolute Gasteiger partial charge is 0.479 e. The monoisotopic (exact) mass is 298 g/mol. The molecule has 1 aromatic rings. The molecule has 3 atom stereocenters. The summed E-state index contributed by atoms with van der Waals surface area (Å²) in [5, 5.41) is 18.3. The summed E-state index contributed by atoms with van der Waals surface area (Å²) in [5.74, 6) is -0.942. The summed E-state index contributed by atoms with van der Waals surface area (Å²) in [7, 11) is 0. The lowest BCUT2D eigenvalue weighted by Gasteiger charge is -2.16. The van der Waals surface area contributed by atoms with Crippen LogP contribution < -0.4 is 10.6 Å². The van der Waals surface area contributed by atoms with Gasteiger partial charge in [0, 0.05) is 6.54 Å². The fraction of sp³-hybridized carbons (Fsp3) is 0.538. The Morgan fingerprint density at radius 3 is 2.95 bits per heavy atom. The number of amides is 2. The Balaban J connectivity index is 1.69. The van der Waals surface area contributed by atoms with E-state index in [1.807, 2.05) is 23.8 Å². The minimum absolute atomic E-state index is 0.0579. The molecule has 0 radical (unpaired) electrons. The van der Waals surface area contributed by atoms with Gasteiger partial charge < -0.3 is 20.5 Å². The van der Waals surface area contributed by atoms with Crippen molar-refractivity contribution < 1.29 is 19.4 Å². The molecular formula is C13H18N2O4S. The lowest BCUT2D eigenvalue weighted by atomic mass is 10.2. The summed E-state index contributed by atoms with van der Waals surface area (Å²) >= 11 is 1.58. The minimum atomic E-state index is -0.942. The van der Waals surface area contributed by atoms with Crippen LogP contribution in [0.3, 0.4) is 0 Å². The number of carbonyl (C=O) groups is 2. The second-order valence-corrected chi connectivity index (χ2v) is 5.58. The van der Waals surface area contributed by atoms with Crippen LogP contribution in [0.25, 0.3) is 0 Å². The van der Waals surface area contributed by atoms with Crippen LogP contribution in [-0.2, 0) is 9.53 Å². The molecule has 1 fully saturated rings. The number of rotatable bonds is 5. The van der Waals surface area contributed by atoms with E-state index in [0.29, 0.717) is 19.4 Å². The number of ether oxygens (including phenoxy) is 1. The van der Waals surface area contributed by atoms with Gasteiger partial charge in [-0.2, -0.15) is 11.3 Å². The number of hydrogen-bond donors (Lipinski definition) is 3. The molecule has 0 aromatic carbocycles. The highest BCUT2D eigenvalue weighted by Gasteiger charge is 2.30. The predicted octanol–water partition coefficient (Wildman–Crippen LogP) is 1.74. The molecule has 6 nitrogen and oxygen atoms in total. The van der Waals surface area contributed by atoms with Crippen LogP contribution >= 0.6 is 11.3 Å². The lowest BCUT2D eigenvalue weighted by Crippen LogP contribution is -2.40. The molecule has 0 spiro atoms. The first-order valence-corrected chi connectivity index (χ1v) is 7.45. The standard InChI is InChI=1S/C13H18N2O4S/c1-8(9-4-5-20-7-9)15-13(18)14-6-10-2-3-11(19-10)12(16)17/h4-5,7-8,10-11H,2-3,6H2,1H3,(H,16,17)(H2,14,15,18). The summed E-state index contributed by atoms with van der Waals surface area (Å²) in [6.45, 7) is 2.24. The molecule has 0 aliphatic carbocycles. The SMILES string of the molecule is CC(NC(=O)NCC1CCC(C(=O)O)O1)c1ccsc1. The van der Waals surface area contributed by atoms with Gasteiger partial charge >= 0.3 is 12.0 Å². The third-order valence-corrected chi connectivity index (χ3v) is 3.97. The van der Waals surface area contributed by atoms with E-state index < -0.39 is 12.1 Å². The van der Waals surface area contributed by atoms with E-state index in [1.54, 1.807) is 11.3 Å². The Labute approximate surface area is 121 Å². The van der Waals surface area contributed by atoms with E-state index in [0.717, 1.165) is 5.56 Å². The van der Waals surface area contributed by atoms with Gasteiger partial charge in [-0.1, -0.05) is 0 Å². The summed E-state index contributed by atoms with van der Waals surface area (Å²) < 4.78 is 5.31. The zero-order chi connectivity index (χ0) is 14.5. The highest BCUT2D eigenvalue weighted by atomic mass is 32.1. The smallest absolute Gasteiger partial charge is 0.332 e. The molecule has 110 valence electrons. The zero-order valence-corrected chi connectivity index (χ0v) is 12.0. The molecule has 1 aliphatic heterocycles. The summed E-state index contributed by atoms with van der Waals surface area (Å²) in [5.41, 5.74) is 1.06. The first kappa shape index (κ1) is 14.8. The van der Waals surface area contributed by atoms with Crippen molar-refractivity contribution in [1.29, 1.82) is 0 Å². The number of nitrogens with one attached hydrogen (secondary N) is 2. The maximum atomic E-state index is 11.7. The number of aliphatic carboxylic acids is 1. The third kappa shape index (κ3) is 3.94. The van der Waals surface area contributed by atoms with Crippen LogP contribution in [0.2, 0.25) is 0 Å². The highest BCUT2D eigenvalue weighted by molar-refractivity contribution is 7.07. The quantitative estimate of drug-likeness (QED) is 0.772. The van der Waals surface area contributed by atoms with Crippen molar-refractivity contribution in [2.24, 2.45) is 0 Å². The minimum Gasteiger partial charge on any atom is -0.479 e. The number of carbonyl (C=O) groups excluding carboxylic acids is 1. The molecule has 7 heteroatoms. The van der Waals surface area contributed by atoms with Crippen molar-refractivity contribution in [2.45, 2.75) is 38.0 Å². The van der Waals surface area contributed by atoms with Crippen molar-refractivity contribution in [3.05, 3.63) is 22.4 Å². The Morgan fingerprint density at radius 2 is 2.35 bits per heavy atom. The van der Waals surface area contributed by atoms with Crippen LogP contribution in [0.15, 0.2) is 16.8 Å². The van der Waals surface area contributed by atoms with Crippen molar-refractivity contribution in [2.75, 3.05) is 6.54 Å². The van der Waals surface area contributed by atoms with E-state index >= 15 is 0 Å². The van der Waals surface area contributed by atoms with Gasteiger partial charge in [-0.3, -0.25) is 0 Å². The number of carboxylic acid groups (broad SMARTS) is 1. The molecule has 20 heavy (non-hydrogen) atoms. The fourth-order valence-electron chi connectivity index (χ4n) is 2.10. The Morgan fingerprint density at radius 1 is 1.55 bits per heavy atom. The number of hydrogen-bond acceptors (Lipinski definition) is 4. The van der Waals surface area contributed by atoms with E-state index in [2.05, 4.69) is 10.6 Å². The molecular weight excluding hydrogens is 280 g/mol. The Hall–Kier alpha value is -1.60. The second-order valence-electron chi connectivity index (χ2n) is 4.80. The molecule has 1 aliphatic rings. The van der Waals surface area contributed by atoms with E-state index in [1.165, 1.54) is 0 Å². The van der Waals surface area contributed by atoms with E-state index in [-0.39, 0.29) is 18.2 Å². The fourth-order valence-corrected chi connectivity index (χ4v) is 2.85. The summed E-state index contributed by atoms with van der Waals surface area (Å²) in [6.07, 6.45) is 0.180. The molecule has 0 saturated carbocycles.